The summed E-state index contributed by atoms with van der Waals surface area (Å²) in [4.78, 5) is 24.0. The number of piperidine rings is 1. The molecule has 0 N–H and O–H groups in total. The number of carbonyl (C=O) groups is 1. The van der Waals surface area contributed by atoms with Crippen molar-refractivity contribution in [2.24, 2.45) is 0 Å². The number of aryl methyl sites for hydroxylation is 1. The van der Waals surface area contributed by atoms with E-state index in [0.717, 1.165) is 0 Å². The molecule has 2 aromatic carbocycles. The number of likely N-dealkylation sites (N-methyl/N-ethyl adjacent to an activating group) is 1. The smallest absolute Gasteiger partial charge is 0.410 e. The summed E-state index contributed by atoms with van der Waals surface area (Å²) in [5.41, 5.74) is 3.05. The predicted molar refractivity (Wildman–Crippen MR) is 196 cm³/mol. The molecule has 0 bridgehead atoms. The van der Waals surface area contributed by atoms with Gasteiger partial charge < -0.3 is 19.4 Å². The fraction of sp³-hybridized carbons (Fsp3) is 0.436. The lowest BCUT2D eigenvalue weighted by molar-refractivity contribution is 0.00556. The molecule has 51 heavy (non-hydrogen) atoms. The van der Waals surface area contributed by atoms with Crippen molar-refractivity contribution in [2.45, 2.75) is 77.1 Å². The molecule has 0 aliphatic carbocycles. The number of anilines is 1. The molecule has 2 aromatic heterocycles. The Morgan fingerprint density at radius 1 is 1.24 bits per heavy atom. The molecule has 4 aromatic rings. The number of halogens is 1. The molecule has 0 saturated carbocycles. The van der Waals surface area contributed by atoms with Crippen molar-refractivity contribution in [3.63, 3.8) is 0 Å². The van der Waals surface area contributed by atoms with Gasteiger partial charge in [-0.15, -0.1) is 5.10 Å². The second kappa shape index (κ2) is 13.4. The highest BCUT2D eigenvalue weighted by Crippen LogP contribution is 2.42. The minimum atomic E-state index is -0.673. The van der Waals surface area contributed by atoms with E-state index >= 15 is 4.39 Å². The molecule has 6 rings (SSSR count). The lowest BCUT2D eigenvalue weighted by Gasteiger charge is -2.52. The van der Waals surface area contributed by atoms with Crippen LogP contribution in [-0.4, -0.2) is 86.8 Å². The van der Waals surface area contributed by atoms with Crippen molar-refractivity contribution in [3.8, 4) is 23.3 Å². The van der Waals surface area contributed by atoms with Gasteiger partial charge in [-0.05, 0) is 78.7 Å². The normalized spacial score (nSPS) is 19.0. The zero-order valence-electron chi connectivity index (χ0n) is 30.4. The molecule has 2 fully saturated rings. The highest BCUT2D eigenvalue weighted by atomic mass is 19.1. The van der Waals surface area contributed by atoms with Crippen LogP contribution in [0.3, 0.4) is 0 Å². The number of hydrogen-bond donors (Lipinski definition) is 0. The van der Waals surface area contributed by atoms with Crippen LogP contribution in [0.4, 0.5) is 15.0 Å². The predicted octanol–water partition coefficient (Wildman–Crippen LogP) is 7.16. The number of fused-ring (bicyclic) bond motifs is 3. The van der Waals surface area contributed by atoms with E-state index in [0.29, 0.717) is 82.5 Å². The standard InChI is InChI=1S/C39H44FN9O2/c1-9-10-12-25-13-11-14-28(30(25)21-42)31-24(2)19-29-33(32(31)40)43-36(47-22-39(6,23-47)46(7)8)34-35(29)49(45-44-34)27-16-18-48(26(20-27)15-17-41)37(50)51-38(3,4)5/h9-14,19,26-27H,1,15-16,18,20,22-23H2,2-8H3/b12-10-/t26-,27+/m1/s1. The quantitative estimate of drug-likeness (QED) is 0.186. The number of aromatic nitrogens is 4. The zero-order chi connectivity index (χ0) is 36.8. The van der Waals surface area contributed by atoms with Gasteiger partial charge in [0.25, 0.3) is 0 Å². The topological polar surface area (TPSA) is 127 Å². The monoisotopic (exact) mass is 689 g/mol. The lowest BCUT2D eigenvalue weighted by atomic mass is 9.90. The maximum Gasteiger partial charge on any atom is 0.410 e. The average Bonchev–Trinajstić information content (AvgIpc) is 3.51. The minimum Gasteiger partial charge on any atom is -0.444 e. The Kier molecular flexibility index (Phi) is 9.34. The van der Waals surface area contributed by atoms with Gasteiger partial charge in [-0.25, -0.2) is 18.9 Å². The summed E-state index contributed by atoms with van der Waals surface area (Å²) in [6.45, 7) is 14.9. The van der Waals surface area contributed by atoms with Crippen molar-refractivity contribution in [2.75, 3.05) is 38.6 Å². The number of benzene rings is 2. The summed E-state index contributed by atoms with van der Waals surface area (Å²) >= 11 is 0. The van der Waals surface area contributed by atoms with E-state index in [-0.39, 0.29) is 23.5 Å². The number of pyridine rings is 1. The molecule has 2 atom stereocenters. The molecule has 0 radical (unpaired) electrons. The van der Waals surface area contributed by atoms with Crippen LogP contribution in [0.5, 0.6) is 0 Å². The van der Waals surface area contributed by atoms with E-state index in [4.69, 9.17) is 9.72 Å². The first kappa shape index (κ1) is 35.5. The second-order valence-electron chi connectivity index (χ2n) is 15.0. The molecule has 2 saturated heterocycles. The third kappa shape index (κ3) is 6.41. The summed E-state index contributed by atoms with van der Waals surface area (Å²) in [6.07, 6.45) is 5.83. The van der Waals surface area contributed by atoms with Crippen LogP contribution >= 0.6 is 0 Å². The van der Waals surface area contributed by atoms with Crippen molar-refractivity contribution in [3.05, 3.63) is 65.5 Å². The number of nitrogens with zero attached hydrogens (tertiary/aromatic N) is 9. The van der Waals surface area contributed by atoms with Crippen LogP contribution in [0.15, 0.2) is 43.0 Å². The number of rotatable bonds is 7. The summed E-state index contributed by atoms with van der Waals surface area (Å²) < 4.78 is 24.7. The number of ether oxygens (including phenoxy) is 1. The maximum atomic E-state index is 17.2. The Labute approximate surface area is 298 Å². The van der Waals surface area contributed by atoms with Crippen LogP contribution in [0.1, 0.15) is 69.7 Å². The molecule has 1 amide bonds. The molecular formula is C39H44FN9O2. The van der Waals surface area contributed by atoms with Gasteiger partial charge in [-0.3, -0.25) is 0 Å². The molecule has 0 spiro atoms. The molecule has 264 valence electrons. The largest absolute Gasteiger partial charge is 0.444 e. The second-order valence-corrected chi connectivity index (χ2v) is 15.0. The molecule has 4 heterocycles. The van der Waals surface area contributed by atoms with Gasteiger partial charge in [0.1, 0.15) is 22.7 Å². The number of carbonyl (C=O) groups excluding carboxylic acids is 1. The van der Waals surface area contributed by atoms with E-state index < -0.39 is 23.6 Å². The summed E-state index contributed by atoms with van der Waals surface area (Å²) in [5.74, 6) is 0.0139. The molecule has 2 aliphatic heterocycles. The Balaban J connectivity index is 1.53. The van der Waals surface area contributed by atoms with Gasteiger partial charge >= 0.3 is 6.09 Å². The molecular weight excluding hydrogens is 645 g/mol. The third-order valence-corrected chi connectivity index (χ3v) is 10.1. The number of nitriles is 2. The van der Waals surface area contributed by atoms with E-state index in [1.54, 1.807) is 29.2 Å². The minimum absolute atomic E-state index is 0.101. The summed E-state index contributed by atoms with van der Waals surface area (Å²) in [6, 6.07) is 11.2. The van der Waals surface area contributed by atoms with Crippen LogP contribution in [0.2, 0.25) is 0 Å². The van der Waals surface area contributed by atoms with Crippen molar-refractivity contribution in [1.82, 2.24) is 29.8 Å². The van der Waals surface area contributed by atoms with Gasteiger partial charge in [0, 0.05) is 36.1 Å². The van der Waals surface area contributed by atoms with E-state index in [1.165, 1.54) is 0 Å². The first-order valence-corrected chi connectivity index (χ1v) is 17.2. The van der Waals surface area contributed by atoms with Gasteiger partial charge in [-0.1, -0.05) is 48.2 Å². The maximum absolute atomic E-state index is 17.2. The Morgan fingerprint density at radius 2 is 1.98 bits per heavy atom. The lowest BCUT2D eigenvalue weighted by Crippen LogP contribution is -2.67. The Hall–Kier alpha value is -5.33. The SMILES string of the molecule is C=C/C=C\c1cccc(-c2c(C)cc3c(nc(N4CC(C)(N(C)C)C4)c4nnn([C@H]5CCN(C(=O)OC(C)(C)C)[C@H](CC#N)C5)c43)c2F)c1C#N. The third-order valence-electron chi connectivity index (χ3n) is 10.1. The highest BCUT2D eigenvalue weighted by Gasteiger charge is 2.43. The van der Waals surface area contributed by atoms with Crippen molar-refractivity contribution < 1.29 is 13.9 Å². The fourth-order valence-corrected chi connectivity index (χ4v) is 7.25. The van der Waals surface area contributed by atoms with Gasteiger partial charge in [0.2, 0.25) is 0 Å². The fourth-order valence-electron chi connectivity index (χ4n) is 7.25. The van der Waals surface area contributed by atoms with Crippen LogP contribution < -0.4 is 4.90 Å². The van der Waals surface area contributed by atoms with Crippen molar-refractivity contribution in [1.29, 1.82) is 10.5 Å². The molecule has 2 aliphatic rings. The van der Waals surface area contributed by atoms with E-state index in [2.05, 4.69) is 45.8 Å². The van der Waals surface area contributed by atoms with E-state index in [9.17, 15) is 15.3 Å². The average molecular weight is 690 g/mol. The summed E-state index contributed by atoms with van der Waals surface area (Å²) in [5, 5.41) is 29.8. The van der Waals surface area contributed by atoms with Gasteiger partial charge in [0.05, 0.1) is 35.7 Å². The number of allylic oxidation sites excluding steroid dienone is 2. The van der Waals surface area contributed by atoms with Crippen LogP contribution in [0, 0.1) is 35.4 Å². The molecule has 11 nitrogen and oxygen atoms in total. The zero-order valence-corrected chi connectivity index (χ0v) is 30.4. The van der Waals surface area contributed by atoms with Crippen molar-refractivity contribution >= 4 is 39.9 Å². The van der Waals surface area contributed by atoms with Crippen LogP contribution in [-0.2, 0) is 4.74 Å². The Bertz CT molecular complexity index is 2140. The first-order valence-electron chi connectivity index (χ1n) is 17.2. The molecule has 0 unspecified atom stereocenters. The van der Waals surface area contributed by atoms with Crippen LogP contribution in [0.25, 0.3) is 39.1 Å². The summed E-state index contributed by atoms with van der Waals surface area (Å²) in [7, 11) is 4.08. The molecule has 12 heteroatoms. The highest BCUT2D eigenvalue weighted by molar-refractivity contribution is 6.08. The number of likely N-dealkylation sites (tertiary alicyclic amines) is 1. The Morgan fingerprint density at radius 3 is 2.63 bits per heavy atom. The number of amides is 1. The van der Waals surface area contributed by atoms with Gasteiger partial charge in [0.15, 0.2) is 17.2 Å². The van der Waals surface area contributed by atoms with Gasteiger partial charge in [-0.2, -0.15) is 10.5 Å². The first-order chi connectivity index (χ1) is 24.2. The van der Waals surface area contributed by atoms with E-state index in [1.807, 2.05) is 64.7 Å². The number of hydrogen-bond acceptors (Lipinski definition) is 9.